The molecule has 0 aromatic carbocycles. The first-order valence-electron chi connectivity index (χ1n) is 5.48. The van der Waals surface area contributed by atoms with Crippen LogP contribution in [0.2, 0.25) is 0 Å². The zero-order valence-electron chi connectivity index (χ0n) is 9.77. The summed E-state index contributed by atoms with van der Waals surface area (Å²) in [5.41, 5.74) is 0.347. The maximum atomic E-state index is 3.51. The van der Waals surface area contributed by atoms with Crippen molar-refractivity contribution in [2.45, 2.75) is 33.6 Å². The van der Waals surface area contributed by atoms with Crippen molar-refractivity contribution in [1.82, 2.24) is 5.32 Å². The van der Waals surface area contributed by atoms with Crippen molar-refractivity contribution in [3.63, 3.8) is 0 Å². The molecule has 0 aliphatic heterocycles. The molecule has 0 aliphatic carbocycles. The van der Waals surface area contributed by atoms with Crippen LogP contribution in [0.1, 0.15) is 32.1 Å². The Labute approximate surface area is 105 Å². The van der Waals surface area contributed by atoms with Gasteiger partial charge >= 0.3 is 0 Å². The van der Waals surface area contributed by atoms with E-state index in [0.29, 0.717) is 5.41 Å². The Balaban J connectivity index is 2.41. The van der Waals surface area contributed by atoms with Crippen molar-refractivity contribution in [2.24, 2.45) is 5.41 Å². The quantitative estimate of drug-likeness (QED) is 0.778. The van der Waals surface area contributed by atoms with Gasteiger partial charge in [-0.3, -0.25) is 0 Å². The Morgan fingerprint density at radius 1 is 1.40 bits per heavy atom. The van der Waals surface area contributed by atoms with E-state index in [-0.39, 0.29) is 0 Å². The maximum absolute atomic E-state index is 3.51. The van der Waals surface area contributed by atoms with Gasteiger partial charge in [0.1, 0.15) is 0 Å². The fraction of sp³-hybridized carbons (Fsp3) is 0.667. The van der Waals surface area contributed by atoms with E-state index in [9.17, 15) is 0 Å². The Bertz CT molecular complexity index is 294. The molecule has 0 atom stereocenters. The van der Waals surface area contributed by atoms with Gasteiger partial charge < -0.3 is 5.32 Å². The second-order valence-electron chi connectivity index (χ2n) is 4.72. The summed E-state index contributed by atoms with van der Waals surface area (Å²) in [7, 11) is 0. The molecule has 0 saturated carbocycles. The van der Waals surface area contributed by atoms with Gasteiger partial charge in [0.05, 0.1) is 3.79 Å². The zero-order chi connectivity index (χ0) is 11.3. The highest BCUT2D eigenvalue weighted by molar-refractivity contribution is 9.11. The minimum atomic E-state index is 0.347. The Morgan fingerprint density at radius 3 is 2.67 bits per heavy atom. The highest BCUT2D eigenvalue weighted by Crippen LogP contribution is 2.28. The average molecular weight is 290 g/mol. The number of rotatable bonds is 6. The molecule has 86 valence electrons. The minimum Gasteiger partial charge on any atom is -0.316 e. The van der Waals surface area contributed by atoms with Crippen molar-refractivity contribution in [3.05, 3.63) is 20.8 Å². The predicted octanol–water partition coefficient (Wildman–Crippen LogP) is 4.08. The molecule has 0 spiro atoms. The molecule has 1 heterocycles. The smallest absolute Gasteiger partial charge is 0.0701 e. The third-order valence-corrected chi connectivity index (χ3v) is 3.94. The minimum absolute atomic E-state index is 0.347. The van der Waals surface area contributed by atoms with Gasteiger partial charge in [-0.2, -0.15) is 0 Å². The summed E-state index contributed by atoms with van der Waals surface area (Å²) in [5, 5.41) is 3.50. The Morgan fingerprint density at radius 2 is 2.13 bits per heavy atom. The Kier molecular flexibility index (Phi) is 5.30. The number of nitrogens with one attached hydrogen (secondary N) is 1. The van der Waals surface area contributed by atoms with E-state index in [0.717, 1.165) is 19.5 Å². The normalized spacial score (nSPS) is 12.0. The largest absolute Gasteiger partial charge is 0.316 e. The van der Waals surface area contributed by atoms with Crippen molar-refractivity contribution in [2.75, 3.05) is 13.1 Å². The summed E-state index contributed by atoms with van der Waals surface area (Å²) in [6.07, 6.45) is 2.36. The van der Waals surface area contributed by atoms with E-state index >= 15 is 0 Å². The molecule has 1 nitrogen and oxygen atoms in total. The van der Waals surface area contributed by atoms with Crippen LogP contribution in [-0.2, 0) is 6.42 Å². The number of hydrogen-bond donors (Lipinski definition) is 1. The standard InChI is InChI=1S/C12H20BrNS/c1-4-7-14-9-12(2,3)8-10-5-6-11(13)15-10/h5-6,14H,4,7-9H2,1-3H3. The number of thiophene rings is 1. The van der Waals surface area contributed by atoms with Gasteiger partial charge in [0.2, 0.25) is 0 Å². The second-order valence-corrected chi connectivity index (χ2v) is 7.27. The van der Waals surface area contributed by atoms with Gasteiger partial charge in [-0.05, 0) is 52.9 Å². The van der Waals surface area contributed by atoms with Crippen LogP contribution in [0, 0.1) is 5.41 Å². The van der Waals surface area contributed by atoms with Gasteiger partial charge in [0.25, 0.3) is 0 Å². The van der Waals surface area contributed by atoms with E-state index < -0.39 is 0 Å². The first-order valence-corrected chi connectivity index (χ1v) is 7.09. The van der Waals surface area contributed by atoms with Crippen LogP contribution in [0.3, 0.4) is 0 Å². The number of hydrogen-bond acceptors (Lipinski definition) is 2. The van der Waals surface area contributed by atoms with Crippen molar-refractivity contribution in [1.29, 1.82) is 0 Å². The molecule has 3 heteroatoms. The van der Waals surface area contributed by atoms with Gasteiger partial charge in [-0.25, -0.2) is 0 Å². The lowest BCUT2D eigenvalue weighted by atomic mass is 9.88. The fourth-order valence-corrected chi connectivity index (χ4v) is 3.33. The molecule has 1 aromatic heterocycles. The third-order valence-electron chi connectivity index (χ3n) is 2.31. The molecule has 15 heavy (non-hydrogen) atoms. The molecular formula is C12H20BrNS. The summed E-state index contributed by atoms with van der Waals surface area (Å²) in [5.74, 6) is 0. The Hall–Kier alpha value is 0.140. The first-order chi connectivity index (χ1) is 7.03. The van der Waals surface area contributed by atoms with Crippen LogP contribution in [0.25, 0.3) is 0 Å². The van der Waals surface area contributed by atoms with Crippen LogP contribution in [0.4, 0.5) is 0 Å². The zero-order valence-corrected chi connectivity index (χ0v) is 12.2. The molecule has 0 bridgehead atoms. The van der Waals surface area contributed by atoms with Gasteiger partial charge in [-0.1, -0.05) is 20.8 Å². The summed E-state index contributed by atoms with van der Waals surface area (Å²) in [6.45, 7) is 9.07. The second kappa shape index (κ2) is 6.02. The summed E-state index contributed by atoms with van der Waals surface area (Å²) in [4.78, 5) is 1.46. The summed E-state index contributed by atoms with van der Waals surface area (Å²) < 4.78 is 1.23. The molecule has 1 aromatic rings. The van der Waals surface area contributed by atoms with Crippen molar-refractivity contribution in [3.8, 4) is 0 Å². The van der Waals surface area contributed by atoms with Gasteiger partial charge in [-0.15, -0.1) is 11.3 Å². The predicted molar refractivity (Wildman–Crippen MR) is 72.7 cm³/mol. The first kappa shape index (κ1) is 13.2. The van der Waals surface area contributed by atoms with E-state index in [2.05, 4.69) is 54.2 Å². The van der Waals surface area contributed by atoms with Crippen molar-refractivity contribution < 1.29 is 0 Å². The highest BCUT2D eigenvalue weighted by atomic mass is 79.9. The summed E-state index contributed by atoms with van der Waals surface area (Å²) >= 11 is 5.35. The van der Waals surface area contributed by atoms with Crippen LogP contribution < -0.4 is 5.32 Å². The highest BCUT2D eigenvalue weighted by Gasteiger charge is 2.18. The maximum Gasteiger partial charge on any atom is 0.0701 e. The topological polar surface area (TPSA) is 12.0 Å². The summed E-state index contributed by atoms with van der Waals surface area (Å²) in [6, 6.07) is 4.35. The van der Waals surface area contributed by atoms with E-state index in [1.54, 1.807) is 0 Å². The van der Waals surface area contributed by atoms with Crippen molar-refractivity contribution >= 4 is 27.3 Å². The van der Waals surface area contributed by atoms with E-state index in [1.807, 2.05) is 11.3 Å². The third kappa shape index (κ3) is 5.14. The molecule has 0 radical (unpaired) electrons. The molecular weight excluding hydrogens is 270 g/mol. The van der Waals surface area contributed by atoms with E-state index in [1.165, 1.54) is 15.1 Å². The molecule has 0 saturated heterocycles. The van der Waals surface area contributed by atoms with Gasteiger partial charge in [0.15, 0.2) is 0 Å². The lowest BCUT2D eigenvalue weighted by Gasteiger charge is -2.24. The van der Waals surface area contributed by atoms with E-state index in [4.69, 9.17) is 0 Å². The monoisotopic (exact) mass is 289 g/mol. The van der Waals surface area contributed by atoms with Crippen LogP contribution in [-0.4, -0.2) is 13.1 Å². The molecule has 0 fully saturated rings. The molecule has 1 rings (SSSR count). The molecule has 0 aliphatic rings. The lowest BCUT2D eigenvalue weighted by Crippen LogP contribution is -2.31. The van der Waals surface area contributed by atoms with Crippen LogP contribution >= 0.6 is 27.3 Å². The van der Waals surface area contributed by atoms with Crippen LogP contribution in [0.5, 0.6) is 0 Å². The average Bonchev–Trinajstić information content (AvgIpc) is 2.50. The fourth-order valence-electron chi connectivity index (χ4n) is 1.58. The lowest BCUT2D eigenvalue weighted by molar-refractivity contribution is 0.341. The molecule has 0 amide bonds. The molecule has 1 N–H and O–H groups in total. The van der Waals surface area contributed by atoms with Crippen LogP contribution in [0.15, 0.2) is 15.9 Å². The van der Waals surface area contributed by atoms with Gasteiger partial charge in [0, 0.05) is 11.4 Å². The number of halogens is 1. The SMILES string of the molecule is CCCNCC(C)(C)Cc1ccc(Br)s1. The molecule has 0 unspecified atom stereocenters.